The molecule has 130 valence electrons. The first-order valence-corrected chi connectivity index (χ1v) is 7.74. The second kappa shape index (κ2) is 6.76. The van der Waals surface area contributed by atoms with Crippen molar-refractivity contribution in [2.24, 2.45) is 0 Å². The van der Waals surface area contributed by atoms with E-state index in [0.29, 0.717) is 29.2 Å². The Balaban J connectivity index is 1.81. The third-order valence-corrected chi connectivity index (χ3v) is 4.08. The van der Waals surface area contributed by atoms with Crippen LogP contribution in [0, 0.1) is 6.92 Å². The summed E-state index contributed by atoms with van der Waals surface area (Å²) in [5.74, 6) is 0.253. The Morgan fingerprint density at radius 3 is 2.56 bits per heavy atom. The molecule has 0 amide bonds. The van der Waals surface area contributed by atoms with E-state index in [1.807, 2.05) is 30.3 Å². The van der Waals surface area contributed by atoms with Crippen LogP contribution in [0.15, 0.2) is 40.8 Å². The number of carboxylic acids is 1. The van der Waals surface area contributed by atoms with Gasteiger partial charge in [-0.05, 0) is 36.8 Å². The highest BCUT2D eigenvalue weighted by Crippen LogP contribution is 2.30. The van der Waals surface area contributed by atoms with Crippen molar-refractivity contribution < 1.29 is 23.8 Å². The molecule has 0 fully saturated rings. The Morgan fingerprint density at radius 1 is 1.12 bits per heavy atom. The van der Waals surface area contributed by atoms with Crippen LogP contribution in [0.25, 0.3) is 11.0 Å². The average molecular weight is 341 g/mol. The van der Waals surface area contributed by atoms with Crippen molar-refractivity contribution in [2.45, 2.75) is 13.5 Å². The maximum absolute atomic E-state index is 11.2. The second-order valence-electron chi connectivity index (χ2n) is 5.62. The minimum atomic E-state index is -1.06. The van der Waals surface area contributed by atoms with Crippen LogP contribution in [-0.2, 0) is 6.54 Å². The topological polar surface area (TPSA) is 80.9 Å². The smallest absolute Gasteiger partial charge is 0.372 e. The van der Waals surface area contributed by atoms with Gasteiger partial charge in [-0.25, -0.2) is 4.79 Å². The maximum Gasteiger partial charge on any atom is 0.372 e. The number of fused-ring (bicyclic) bond motifs is 1. The van der Waals surface area contributed by atoms with E-state index >= 15 is 0 Å². The lowest BCUT2D eigenvalue weighted by Crippen LogP contribution is -2.00. The van der Waals surface area contributed by atoms with Gasteiger partial charge in [-0.1, -0.05) is 6.07 Å². The summed E-state index contributed by atoms with van der Waals surface area (Å²) >= 11 is 0. The van der Waals surface area contributed by atoms with Crippen LogP contribution in [0.1, 0.15) is 21.7 Å². The highest BCUT2D eigenvalue weighted by Gasteiger charge is 2.16. The first-order valence-electron chi connectivity index (χ1n) is 7.74. The number of ether oxygens (including phenoxy) is 2. The molecule has 0 radical (unpaired) electrons. The molecule has 2 aromatic carbocycles. The zero-order valence-electron chi connectivity index (χ0n) is 14.3. The van der Waals surface area contributed by atoms with Crippen molar-refractivity contribution >= 4 is 22.6 Å². The Labute approximate surface area is 145 Å². The van der Waals surface area contributed by atoms with Crippen molar-refractivity contribution in [3.05, 3.63) is 53.3 Å². The molecule has 6 heteroatoms. The Hall–Kier alpha value is -3.15. The van der Waals surface area contributed by atoms with Gasteiger partial charge in [-0.2, -0.15) is 0 Å². The zero-order valence-corrected chi connectivity index (χ0v) is 14.3. The first kappa shape index (κ1) is 16.7. The number of benzene rings is 2. The summed E-state index contributed by atoms with van der Waals surface area (Å²) in [5, 5.41) is 13.3. The van der Waals surface area contributed by atoms with Crippen molar-refractivity contribution in [3.8, 4) is 11.5 Å². The van der Waals surface area contributed by atoms with Crippen LogP contribution in [0.4, 0.5) is 5.69 Å². The molecule has 0 bridgehead atoms. The lowest BCUT2D eigenvalue weighted by atomic mass is 10.1. The monoisotopic (exact) mass is 341 g/mol. The minimum absolute atomic E-state index is 0.0139. The van der Waals surface area contributed by atoms with Crippen molar-refractivity contribution in [1.82, 2.24) is 0 Å². The second-order valence-corrected chi connectivity index (χ2v) is 5.62. The summed E-state index contributed by atoms with van der Waals surface area (Å²) in [4.78, 5) is 11.2. The Kier molecular flexibility index (Phi) is 4.52. The van der Waals surface area contributed by atoms with Crippen molar-refractivity contribution in [1.29, 1.82) is 0 Å². The number of rotatable bonds is 6. The van der Waals surface area contributed by atoms with E-state index in [0.717, 1.165) is 16.6 Å². The van der Waals surface area contributed by atoms with Crippen LogP contribution in [-0.4, -0.2) is 25.3 Å². The number of furan rings is 1. The fraction of sp³-hybridized carbons (Fsp3) is 0.211. The van der Waals surface area contributed by atoms with Gasteiger partial charge in [0.2, 0.25) is 5.76 Å². The molecule has 0 unspecified atom stereocenters. The molecular formula is C19H19NO5. The lowest BCUT2D eigenvalue weighted by Gasteiger charge is -2.11. The van der Waals surface area contributed by atoms with Gasteiger partial charge in [-0.15, -0.1) is 0 Å². The molecule has 0 spiro atoms. The number of carbonyl (C=O) groups is 1. The Bertz CT molecular complexity index is 929. The summed E-state index contributed by atoms with van der Waals surface area (Å²) in [6, 6.07) is 11.2. The molecule has 25 heavy (non-hydrogen) atoms. The highest BCUT2D eigenvalue weighted by atomic mass is 16.5. The predicted molar refractivity (Wildman–Crippen MR) is 94.8 cm³/mol. The molecule has 3 aromatic rings. The fourth-order valence-corrected chi connectivity index (χ4v) is 2.73. The van der Waals surface area contributed by atoms with E-state index in [9.17, 15) is 4.79 Å². The van der Waals surface area contributed by atoms with E-state index in [1.165, 1.54) is 0 Å². The summed E-state index contributed by atoms with van der Waals surface area (Å²) in [6.45, 7) is 2.33. The van der Waals surface area contributed by atoms with E-state index < -0.39 is 5.97 Å². The van der Waals surface area contributed by atoms with Crippen LogP contribution in [0.5, 0.6) is 11.5 Å². The normalized spacial score (nSPS) is 10.7. The van der Waals surface area contributed by atoms with Gasteiger partial charge < -0.3 is 24.3 Å². The number of anilines is 1. The number of hydrogen-bond donors (Lipinski definition) is 2. The van der Waals surface area contributed by atoms with Gasteiger partial charge in [0.1, 0.15) is 5.58 Å². The Morgan fingerprint density at radius 2 is 1.88 bits per heavy atom. The van der Waals surface area contributed by atoms with Gasteiger partial charge in [0.05, 0.1) is 14.2 Å². The largest absolute Gasteiger partial charge is 0.493 e. The van der Waals surface area contributed by atoms with Crippen LogP contribution >= 0.6 is 0 Å². The molecule has 1 heterocycles. The van der Waals surface area contributed by atoms with Gasteiger partial charge in [-0.3, -0.25) is 0 Å². The first-order chi connectivity index (χ1) is 12.0. The highest BCUT2D eigenvalue weighted by molar-refractivity contribution is 5.95. The third-order valence-electron chi connectivity index (χ3n) is 4.08. The average Bonchev–Trinajstić information content (AvgIpc) is 2.96. The van der Waals surface area contributed by atoms with Crippen LogP contribution in [0.2, 0.25) is 0 Å². The molecule has 0 aliphatic carbocycles. The summed E-state index contributed by atoms with van der Waals surface area (Å²) < 4.78 is 15.9. The number of carboxylic acid groups (broad SMARTS) is 1. The summed E-state index contributed by atoms with van der Waals surface area (Å²) in [7, 11) is 3.19. The number of methoxy groups -OCH3 is 2. The standard InChI is InChI=1S/C19H19NO5/c1-11-14-8-12(4-6-15(14)25-18(11)19(21)22)10-20-13-5-7-16(23-2)17(9-13)24-3/h4-9,20H,10H2,1-3H3,(H,21,22). The minimum Gasteiger partial charge on any atom is -0.493 e. The molecule has 1 aromatic heterocycles. The zero-order chi connectivity index (χ0) is 18.0. The molecular weight excluding hydrogens is 322 g/mol. The van der Waals surface area contributed by atoms with E-state index in [-0.39, 0.29) is 5.76 Å². The SMILES string of the molecule is COc1ccc(NCc2ccc3oc(C(=O)O)c(C)c3c2)cc1OC. The molecule has 0 aliphatic rings. The van der Waals surface area contributed by atoms with Gasteiger partial charge in [0.15, 0.2) is 11.5 Å². The van der Waals surface area contributed by atoms with E-state index in [4.69, 9.17) is 19.0 Å². The van der Waals surface area contributed by atoms with E-state index in [2.05, 4.69) is 5.32 Å². The van der Waals surface area contributed by atoms with Crippen molar-refractivity contribution in [3.63, 3.8) is 0 Å². The maximum atomic E-state index is 11.2. The van der Waals surface area contributed by atoms with E-state index in [1.54, 1.807) is 27.2 Å². The number of nitrogens with one attached hydrogen (secondary N) is 1. The van der Waals surface area contributed by atoms with Crippen LogP contribution in [0.3, 0.4) is 0 Å². The quantitative estimate of drug-likeness (QED) is 0.703. The molecule has 0 saturated carbocycles. The molecule has 0 aliphatic heterocycles. The molecule has 2 N–H and O–H groups in total. The molecule has 0 saturated heterocycles. The van der Waals surface area contributed by atoms with Gasteiger partial charge >= 0.3 is 5.97 Å². The molecule has 6 nitrogen and oxygen atoms in total. The number of aryl methyl sites for hydroxylation is 1. The van der Waals surface area contributed by atoms with Gasteiger partial charge in [0.25, 0.3) is 0 Å². The molecule has 0 atom stereocenters. The fourth-order valence-electron chi connectivity index (χ4n) is 2.73. The van der Waals surface area contributed by atoms with Crippen molar-refractivity contribution in [2.75, 3.05) is 19.5 Å². The van der Waals surface area contributed by atoms with Crippen LogP contribution < -0.4 is 14.8 Å². The number of aromatic carboxylic acids is 1. The number of hydrogen-bond acceptors (Lipinski definition) is 5. The summed E-state index contributed by atoms with van der Waals surface area (Å²) in [6.07, 6.45) is 0. The third kappa shape index (κ3) is 3.24. The lowest BCUT2D eigenvalue weighted by molar-refractivity contribution is 0.0664. The molecule has 3 rings (SSSR count). The predicted octanol–water partition coefficient (Wildman–Crippen LogP) is 4.07. The summed E-state index contributed by atoms with van der Waals surface area (Å²) in [5.41, 5.74) is 3.12. The van der Waals surface area contributed by atoms with Gasteiger partial charge in [0, 0.05) is 29.2 Å².